The maximum Gasteiger partial charge on any atom is 0.117 e. The molecule has 0 unspecified atom stereocenters. The van der Waals surface area contributed by atoms with Gasteiger partial charge in [0, 0.05) is 12.7 Å². The van der Waals surface area contributed by atoms with Crippen molar-refractivity contribution >= 4 is 0 Å². The van der Waals surface area contributed by atoms with Crippen LogP contribution >= 0.6 is 0 Å². The molecule has 0 aliphatic rings. The fourth-order valence-corrected chi connectivity index (χ4v) is 0.980. The molecule has 76 valence electrons. The summed E-state index contributed by atoms with van der Waals surface area (Å²) < 4.78 is 5.58. The van der Waals surface area contributed by atoms with Crippen LogP contribution in [0.15, 0.2) is 23.6 Å². The van der Waals surface area contributed by atoms with Crippen molar-refractivity contribution in [2.45, 2.75) is 40.2 Å². The molecular formula is C11H21NO. The fourth-order valence-electron chi connectivity index (χ4n) is 0.980. The van der Waals surface area contributed by atoms with Crippen molar-refractivity contribution < 1.29 is 4.74 Å². The van der Waals surface area contributed by atoms with E-state index in [2.05, 4.69) is 12.2 Å². The van der Waals surface area contributed by atoms with Crippen LogP contribution in [0.1, 0.15) is 34.1 Å². The first-order chi connectivity index (χ1) is 6.13. The van der Waals surface area contributed by atoms with Crippen LogP contribution in [0.3, 0.4) is 0 Å². The van der Waals surface area contributed by atoms with Gasteiger partial charge < -0.3 is 10.1 Å². The third-order valence-electron chi connectivity index (χ3n) is 1.67. The second-order valence-electron chi connectivity index (χ2n) is 3.13. The zero-order valence-electron chi connectivity index (χ0n) is 9.35. The Kier molecular flexibility index (Phi) is 6.11. The third-order valence-corrected chi connectivity index (χ3v) is 1.67. The summed E-state index contributed by atoms with van der Waals surface area (Å²) in [6.45, 7) is 8.16. The van der Waals surface area contributed by atoms with Crippen LogP contribution in [0.5, 0.6) is 0 Å². The van der Waals surface area contributed by atoms with Gasteiger partial charge in [-0.05, 0) is 39.3 Å². The minimum atomic E-state index is 0.234. The van der Waals surface area contributed by atoms with Gasteiger partial charge in [0.25, 0.3) is 0 Å². The van der Waals surface area contributed by atoms with Gasteiger partial charge in [0.15, 0.2) is 0 Å². The largest absolute Gasteiger partial charge is 0.491 e. The van der Waals surface area contributed by atoms with Gasteiger partial charge in [-0.2, -0.15) is 0 Å². The molecule has 0 spiro atoms. The molecule has 0 aromatic heterocycles. The highest BCUT2D eigenvalue weighted by atomic mass is 16.5. The number of hydrogen-bond acceptors (Lipinski definition) is 2. The zero-order valence-corrected chi connectivity index (χ0v) is 9.35. The van der Waals surface area contributed by atoms with Crippen LogP contribution in [-0.4, -0.2) is 13.2 Å². The minimum absolute atomic E-state index is 0.234. The SMILES string of the molecule is C/C=C(\C=C(/CC)NC)OC(C)C. The monoisotopic (exact) mass is 183 g/mol. The molecule has 2 nitrogen and oxygen atoms in total. The number of allylic oxidation sites excluding steroid dienone is 3. The van der Waals surface area contributed by atoms with E-state index in [0.717, 1.165) is 12.2 Å². The maximum atomic E-state index is 5.58. The average Bonchev–Trinajstić information content (AvgIpc) is 2.11. The van der Waals surface area contributed by atoms with Crippen LogP contribution in [-0.2, 0) is 4.74 Å². The van der Waals surface area contributed by atoms with Crippen molar-refractivity contribution in [3.63, 3.8) is 0 Å². The molecule has 0 aromatic carbocycles. The smallest absolute Gasteiger partial charge is 0.117 e. The molecule has 0 fully saturated rings. The Balaban J connectivity index is 4.34. The van der Waals surface area contributed by atoms with E-state index in [4.69, 9.17) is 4.74 Å². The summed E-state index contributed by atoms with van der Waals surface area (Å²) in [4.78, 5) is 0. The average molecular weight is 183 g/mol. The van der Waals surface area contributed by atoms with Crippen molar-refractivity contribution in [3.05, 3.63) is 23.6 Å². The van der Waals surface area contributed by atoms with E-state index in [0.29, 0.717) is 0 Å². The van der Waals surface area contributed by atoms with Crippen molar-refractivity contribution in [1.29, 1.82) is 0 Å². The molecule has 0 atom stereocenters. The Bertz CT molecular complexity index is 186. The lowest BCUT2D eigenvalue weighted by Crippen LogP contribution is -2.07. The van der Waals surface area contributed by atoms with Gasteiger partial charge in [-0.1, -0.05) is 6.92 Å². The van der Waals surface area contributed by atoms with Crippen molar-refractivity contribution in [2.75, 3.05) is 7.05 Å². The van der Waals surface area contributed by atoms with Gasteiger partial charge in [0.1, 0.15) is 5.76 Å². The molecule has 0 saturated heterocycles. The molecule has 1 N–H and O–H groups in total. The van der Waals surface area contributed by atoms with E-state index < -0.39 is 0 Å². The molecule has 0 heterocycles. The van der Waals surface area contributed by atoms with E-state index >= 15 is 0 Å². The molecule has 2 heteroatoms. The Morgan fingerprint density at radius 3 is 2.38 bits per heavy atom. The van der Waals surface area contributed by atoms with Crippen molar-refractivity contribution in [1.82, 2.24) is 5.32 Å². The second kappa shape index (κ2) is 6.58. The number of hydrogen-bond donors (Lipinski definition) is 1. The predicted molar refractivity (Wildman–Crippen MR) is 57.4 cm³/mol. The highest BCUT2D eigenvalue weighted by Crippen LogP contribution is 2.07. The first-order valence-corrected chi connectivity index (χ1v) is 4.85. The lowest BCUT2D eigenvalue weighted by molar-refractivity contribution is 0.157. The molecule has 0 amide bonds. The first kappa shape index (κ1) is 12.1. The number of nitrogens with one attached hydrogen (secondary N) is 1. The summed E-state index contributed by atoms with van der Waals surface area (Å²) in [6, 6.07) is 0. The molecule has 0 aliphatic carbocycles. The number of rotatable bonds is 5. The molecule has 0 aliphatic heterocycles. The highest BCUT2D eigenvalue weighted by molar-refractivity contribution is 5.16. The third kappa shape index (κ3) is 5.34. The van der Waals surface area contributed by atoms with E-state index in [1.807, 2.05) is 40.0 Å². The van der Waals surface area contributed by atoms with Gasteiger partial charge in [0.2, 0.25) is 0 Å². The summed E-state index contributed by atoms with van der Waals surface area (Å²) in [5, 5.41) is 3.13. The molecular weight excluding hydrogens is 162 g/mol. The van der Waals surface area contributed by atoms with Crippen molar-refractivity contribution in [3.8, 4) is 0 Å². The Morgan fingerprint density at radius 2 is 2.08 bits per heavy atom. The lowest BCUT2D eigenvalue weighted by atomic mass is 10.3. The van der Waals surface area contributed by atoms with Gasteiger partial charge in [0.05, 0.1) is 6.10 Å². The lowest BCUT2D eigenvalue weighted by Gasteiger charge is -2.12. The predicted octanol–water partition coefficient (Wildman–Crippen LogP) is 2.83. The summed E-state index contributed by atoms with van der Waals surface area (Å²) >= 11 is 0. The van der Waals surface area contributed by atoms with E-state index in [9.17, 15) is 0 Å². The zero-order chi connectivity index (χ0) is 10.3. The van der Waals surface area contributed by atoms with E-state index in [-0.39, 0.29) is 6.10 Å². The first-order valence-electron chi connectivity index (χ1n) is 4.85. The maximum absolute atomic E-state index is 5.58. The molecule has 0 bridgehead atoms. The van der Waals surface area contributed by atoms with Gasteiger partial charge in [-0.25, -0.2) is 0 Å². The summed E-state index contributed by atoms with van der Waals surface area (Å²) in [7, 11) is 1.93. The van der Waals surface area contributed by atoms with E-state index in [1.165, 1.54) is 5.70 Å². The minimum Gasteiger partial charge on any atom is -0.491 e. The van der Waals surface area contributed by atoms with Crippen LogP contribution in [0.25, 0.3) is 0 Å². The second-order valence-corrected chi connectivity index (χ2v) is 3.13. The molecule has 0 saturated carbocycles. The van der Waals surface area contributed by atoms with Crippen LogP contribution in [0.4, 0.5) is 0 Å². The van der Waals surface area contributed by atoms with Crippen LogP contribution in [0.2, 0.25) is 0 Å². The van der Waals surface area contributed by atoms with Crippen molar-refractivity contribution in [2.24, 2.45) is 0 Å². The molecule has 0 radical (unpaired) electrons. The summed E-state index contributed by atoms with van der Waals surface area (Å²) in [5.41, 5.74) is 1.19. The topological polar surface area (TPSA) is 21.3 Å². The fraction of sp³-hybridized carbons (Fsp3) is 0.636. The van der Waals surface area contributed by atoms with Gasteiger partial charge in [-0.15, -0.1) is 0 Å². The summed E-state index contributed by atoms with van der Waals surface area (Å²) in [5.74, 6) is 0.932. The Labute approximate surface area is 81.7 Å². The number of ether oxygens (including phenoxy) is 1. The normalized spacial score (nSPS) is 13.4. The van der Waals surface area contributed by atoms with Crippen LogP contribution < -0.4 is 5.32 Å². The van der Waals surface area contributed by atoms with E-state index in [1.54, 1.807) is 0 Å². The highest BCUT2D eigenvalue weighted by Gasteiger charge is 1.98. The quantitative estimate of drug-likeness (QED) is 0.522. The van der Waals surface area contributed by atoms with Gasteiger partial charge in [-0.3, -0.25) is 0 Å². The molecule has 0 rings (SSSR count). The van der Waals surface area contributed by atoms with Crippen LogP contribution in [0, 0.1) is 0 Å². The summed E-state index contributed by atoms with van der Waals surface area (Å²) in [6.07, 6.45) is 5.25. The molecule has 13 heavy (non-hydrogen) atoms. The van der Waals surface area contributed by atoms with Gasteiger partial charge >= 0.3 is 0 Å². The Hall–Kier alpha value is -0.920. The standard InChI is InChI=1S/C11H21NO/c1-6-10(12-5)8-11(7-2)13-9(3)4/h7-9,12H,6H2,1-5H3/b10-8+,11-7+. The molecule has 0 aromatic rings. The Morgan fingerprint density at radius 1 is 1.46 bits per heavy atom.